The largest absolute Gasteiger partial charge is 0.382 e. The Hall–Kier alpha value is -3.21. The second-order valence-corrected chi connectivity index (χ2v) is 5.25. The van der Waals surface area contributed by atoms with E-state index in [1.165, 1.54) is 10.7 Å². The average Bonchev–Trinajstić information content (AvgIpc) is 2.96. The van der Waals surface area contributed by atoms with Crippen LogP contribution in [0.15, 0.2) is 66.7 Å². The van der Waals surface area contributed by atoms with Crippen molar-refractivity contribution >= 4 is 16.6 Å². The molecular weight excluding hydrogens is 291 g/mol. The summed E-state index contributed by atoms with van der Waals surface area (Å²) in [5.41, 5.74) is 7.83. The minimum Gasteiger partial charge on any atom is -0.382 e. The summed E-state index contributed by atoms with van der Waals surface area (Å²) < 4.78 is 15.3. The first-order chi connectivity index (χ1) is 11.2. The van der Waals surface area contributed by atoms with Crippen LogP contribution in [0.1, 0.15) is 0 Å². The first kappa shape index (κ1) is 13.5. The maximum atomic E-state index is 13.9. The van der Waals surface area contributed by atoms with Gasteiger partial charge in [-0.25, -0.2) is 4.39 Å². The average molecular weight is 304 g/mol. The fourth-order valence-electron chi connectivity index (χ4n) is 2.63. The molecule has 0 fully saturated rings. The van der Waals surface area contributed by atoms with Crippen molar-refractivity contribution in [2.45, 2.75) is 0 Å². The van der Waals surface area contributed by atoms with Crippen molar-refractivity contribution in [2.24, 2.45) is 0 Å². The Morgan fingerprint density at radius 2 is 1.61 bits per heavy atom. The summed E-state index contributed by atoms with van der Waals surface area (Å²) in [6, 6.07) is 20.3. The highest BCUT2D eigenvalue weighted by Crippen LogP contribution is 2.28. The second-order valence-electron chi connectivity index (χ2n) is 5.25. The Labute approximate surface area is 132 Å². The zero-order chi connectivity index (χ0) is 15.8. The van der Waals surface area contributed by atoms with E-state index < -0.39 is 5.82 Å². The first-order valence-electron chi connectivity index (χ1n) is 7.19. The van der Waals surface area contributed by atoms with E-state index in [0.29, 0.717) is 11.5 Å². The summed E-state index contributed by atoms with van der Waals surface area (Å²) in [5, 5.41) is 10.4. The normalized spacial score (nSPS) is 11.0. The van der Waals surface area contributed by atoms with E-state index in [9.17, 15) is 4.39 Å². The Morgan fingerprint density at radius 1 is 0.870 bits per heavy atom. The van der Waals surface area contributed by atoms with E-state index in [0.717, 1.165) is 16.3 Å². The Kier molecular flexibility index (Phi) is 3.05. The van der Waals surface area contributed by atoms with Gasteiger partial charge in [-0.15, -0.1) is 5.10 Å². The van der Waals surface area contributed by atoms with Gasteiger partial charge in [0.15, 0.2) is 5.82 Å². The maximum Gasteiger partial charge on any atom is 0.156 e. The zero-order valence-electron chi connectivity index (χ0n) is 12.1. The molecule has 1 heterocycles. The van der Waals surface area contributed by atoms with Gasteiger partial charge >= 0.3 is 0 Å². The molecule has 23 heavy (non-hydrogen) atoms. The van der Waals surface area contributed by atoms with Crippen LogP contribution in [0.25, 0.3) is 27.7 Å². The van der Waals surface area contributed by atoms with Crippen molar-refractivity contribution in [3.05, 3.63) is 72.5 Å². The fraction of sp³-hybridized carbons (Fsp3) is 0. The smallest absolute Gasteiger partial charge is 0.156 e. The van der Waals surface area contributed by atoms with Gasteiger partial charge in [-0.3, -0.25) is 0 Å². The number of hydrogen-bond donors (Lipinski definition) is 1. The molecule has 0 saturated heterocycles. The maximum absolute atomic E-state index is 13.9. The van der Waals surface area contributed by atoms with E-state index in [2.05, 4.69) is 10.3 Å². The number of aromatic nitrogens is 3. The lowest BCUT2D eigenvalue weighted by molar-refractivity contribution is 0.608. The highest BCUT2D eigenvalue weighted by molar-refractivity contribution is 5.88. The summed E-state index contributed by atoms with van der Waals surface area (Å²) in [6.07, 6.45) is 0. The van der Waals surface area contributed by atoms with Gasteiger partial charge in [0, 0.05) is 5.56 Å². The van der Waals surface area contributed by atoms with E-state index >= 15 is 0 Å². The van der Waals surface area contributed by atoms with Crippen molar-refractivity contribution in [1.29, 1.82) is 0 Å². The number of hydrogen-bond acceptors (Lipinski definition) is 3. The second kappa shape index (κ2) is 5.21. The Morgan fingerprint density at radius 3 is 2.43 bits per heavy atom. The monoisotopic (exact) mass is 304 g/mol. The number of nitrogen functional groups attached to an aromatic ring is 1. The van der Waals surface area contributed by atoms with Crippen LogP contribution in [0.4, 0.5) is 10.2 Å². The number of fused-ring (bicyclic) bond motifs is 1. The molecule has 4 rings (SSSR count). The van der Waals surface area contributed by atoms with Crippen LogP contribution >= 0.6 is 0 Å². The number of para-hydroxylation sites is 1. The lowest BCUT2D eigenvalue weighted by atomic mass is 10.1. The molecule has 0 saturated carbocycles. The Balaban J connectivity index is 1.85. The molecule has 0 unspecified atom stereocenters. The van der Waals surface area contributed by atoms with Crippen molar-refractivity contribution < 1.29 is 4.39 Å². The molecule has 0 aliphatic carbocycles. The molecule has 3 aromatic carbocycles. The van der Waals surface area contributed by atoms with Gasteiger partial charge in [-0.2, -0.15) is 4.68 Å². The lowest BCUT2D eigenvalue weighted by Gasteiger charge is -2.05. The molecule has 2 N–H and O–H groups in total. The molecule has 0 spiro atoms. The van der Waals surface area contributed by atoms with Crippen LogP contribution < -0.4 is 5.73 Å². The van der Waals surface area contributed by atoms with Crippen molar-refractivity contribution in [3.63, 3.8) is 0 Å². The SMILES string of the molecule is Nc1c(-c2ccc3ccccc3c2)nnn1-c1ccccc1F. The number of nitrogens with zero attached hydrogens (tertiary/aromatic N) is 3. The molecule has 4 nitrogen and oxygen atoms in total. The van der Waals surface area contributed by atoms with Crippen LogP contribution in [-0.4, -0.2) is 15.0 Å². The van der Waals surface area contributed by atoms with Crippen molar-refractivity contribution in [3.8, 4) is 16.9 Å². The van der Waals surface area contributed by atoms with Crippen molar-refractivity contribution in [2.75, 3.05) is 5.73 Å². The highest BCUT2D eigenvalue weighted by Gasteiger charge is 2.15. The molecule has 4 aromatic rings. The molecule has 5 heteroatoms. The quantitative estimate of drug-likeness (QED) is 0.612. The molecule has 0 bridgehead atoms. The highest BCUT2D eigenvalue weighted by atomic mass is 19.1. The molecule has 0 amide bonds. The summed E-state index contributed by atoms with van der Waals surface area (Å²) >= 11 is 0. The van der Waals surface area contributed by atoms with Crippen LogP contribution in [0.2, 0.25) is 0 Å². The fourth-order valence-corrected chi connectivity index (χ4v) is 2.63. The van der Waals surface area contributed by atoms with E-state index in [1.807, 2.05) is 42.5 Å². The molecule has 0 atom stereocenters. The predicted octanol–water partition coefficient (Wildman–Crippen LogP) is 3.81. The van der Waals surface area contributed by atoms with E-state index in [1.54, 1.807) is 18.2 Å². The molecule has 1 aromatic heterocycles. The third-order valence-electron chi connectivity index (χ3n) is 3.81. The lowest BCUT2D eigenvalue weighted by Crippen LogP contribution is -2.04. The first-order valence-corrected chi connectivity index (χ1v) is 7.19. The van der Waals surface area contributed by atoms with E-state index in [4.69, 9.17) is 5.73 Å². The van der Waals surface area contributed by atoms with Gasteiger partial charge in [-0.1, -0.05) is 53.7 Å². The van der Waals surface area contributed by atoms with Gasteiger partial charge < -0.3 is 5.73 Å². The zero-order valence-corrected chi connectivity index (χ0v) is 12.1. The van der Waals surface area contributed by atoms with Gasteiger partial charge in [-0.05, 0) is 29.0 Å². The van der Waals surface area contributed by atoms with Crippen LogP contribution in [0, 0.1) is 5.82 Å². The van der Waals surface area contributed by atoms with Crippen LogP contribution in [-0.2, 0) is 0 Å². The van der Waals surface area contributed by atoms with Gasteiger partial charge in [0.05, 0.1) is 0 Å². The van der Waals surface area contributed by atoms with E-state index in [-0.39, 0.29) is 5.69 Å². The standard InChI is InChI=1S/C18H13FN4/c19-15-7-3-4-8-16(15)23-18(20)17(21-22-23)14-10-9-12-5-1-2-6-13(12)11-14/h1-11H,20H2. The summed E-state index contributed by atoms with van der Waals surface area (Å²) in [5.74, 6) is -0.0838. The van der Waals surface area contributed by atoms with Crippen molar-refractivity contribution in [1.82, 2.24) is 15.0 Å². The molecule has 0 aliphatic heterocycles. The topological polar surface area (TPSA) is 56.7 Å². The van der Waals surface area contributed by atoms with Gasteiger partial charge in [0.2, 0.25) is 0 Å². The summed E-state index contributed by atoms with van der Waals surface area (Å²) in [7, 11) is 0. The summed E-state index contributed by atoms with van der Waals surface area (Å²) in [4.78, 5) is 0. The molecule has 0 radical (unpaired) electrons. The minimum atomic E-state index is -0.394. The number of rotatable bonds is 2. The third kappa shape index (κ3) is 2.23. The number of halogens is 1. The predicted molar refractivity (Wildman–Crippen MR) is 88.7 cm³/mol. The van der Waals surface area contributed by atoms with Gasteiger partial charge in [0.25, 0.3) is 0 Å². The number of anilines is 1. The van der Waals surface area contributed by atoms with Gasteiger partial charge in [0.1, 0.15) is 17.2 Å². The Bertz CT molecular complexity index is 1010. The molecular formula is C18H13FN4. The molecule has 0 aliphatic rings. The molecule has 112 valence electrons. The summed E-state index contributed by atoms with van der Waals surface area (Å²) in [6.45, 7) is 0. The minimum absolute atomic E-state index is 0.282. The number of benzene rings is 3. The van der Waals surface area contributed by atoms with Crippen LogP contribution in [0.3, 0.4) is 0 Å². The number of nitrogens with two attached hydrogens (primary N) is 1. The van der Waals surface area contributed by atoms with Crippen LogP contribution in [0.5, 0.6) is 0 Å². The third-order valence-corrected chi connectivity index (χ3v) is 3.81.